The standard InChI is InChI=1S/C12H17N5O/c18-7-9-3-1-2-4-10(9)15-11-12-16-14-8-17(12)6-5-13-11/h5-6,8-10,18H,1-4,7H2,(H,13,15). The van der Waals surface area contributed by atoms with E-state index < -0.39 is 0 Å². The molecule has 18 heavy (non-hydrogen) atoms. The minimum Gasteiger partial charge on any atom is -0.396 e. The lowest BCUT2D eigenvalue weighted by atomic mass is 9.85. The topological polar surface area (TPSA) is 75.3 Å². The van der Waals surface area contributed by atoms with Gasteiger partial charge in [0.25, 0.3) is 0 Å². The molecular formula is C12H17N5O. The molecule has 1 fully saturated rings. The lowest BCUT2D eigenvalue weighted by Gasteiger charge is -2.31. The molecule has 1 aliphatic carbocycles. The zero-order valence-corrected chi connectivity index (χ0v) is 10.2. The molecule has 2 unspecified atom stereocenters. The van der Waals surface area contributed by atoms with Gasteiger partial charge in [0.15, 0.2) is 5.82 Å². The van der Waals surface area contributed by atoms with Crippen LogP contribution in [0.1, 0.15) is 25.7 Å². The van der Waals surface area contributed by atoms with Crippen LogP contribution in [-0.2, 0) is 0 Å². The van der Waals surface area contributed by atoms with Gasteiger partial charge in [0.1, 0.15) is 6.33 Å². The highest BCUT2D eigenvalue weighted by molar-refractivity contribution is 5.61. The molecule has 0 amide bonds. The predicted molar refractivity (Wildman–Crippen MR) is 67.2 cm³/mol. The smallest absolute Gasteiger partial charge is 0.203 e. The van der Waals surface area contributed by atoms with Crippen LogP contribution in [0.2, 0.25) is 0 Å². The number of aliphatic hydroxyl groups is 1. The van der Waals surface area contributed by atoms with Crippen molar-refractivity contribution in [2.75, 3.05) is 11.9 Å². The molecule has 6 heteroatoms. The number of aliphatic hydroxyl groups excluding tert-OH is 1. The summed E-state index contributed by atoms with van der Waals surface area (Å²) < 4.78 is 1.84. The van der Waals surface area contributed by atoms with Gasteiger partial charge >= 0.3 is 0 Å². The Kier molecular flexibility index (Phi) is 3.10. The minimum atomic E-state index is 0.230. The molecule has 0 radical (unpaired) electrons. The summed E-state index contributed by atoms with van der Waals surface area (Å²) >= 11 is 0. The Morgan fingerprint density at radius 1 is 1.39 bits per heavy atom. The van der Waals surface area contributed by atoms with Crippen molar-refractivity contribution < 1.29 is 5.11 Å². The third kappa shape index (κ3) is 2.03. The summed E-state index contributed by atoms with van der Waals surface area (Å²) in [7, 11) is 0. The van der Waals surface area contributed by atoms with Crippen molar-refractivity contribution in [1.82, 2.24) is 19.6 Å². The average Bonchev–Trinajstić information content (AvgIpc) is 2.89. The van der Waals surface area contributed by atoms with Crippen LogP contribution in [0, 0.1) is 5.92 Å². The Bertz CT molecular complexity index is 526. The second-order valence-corrected chi connectivity index (χ2v) is 4.82. The third-order valence-corrected chi connectivity index (χ3v) is 3.68. The summed E-state index contributed by atoms with van der Waals surface area (Å²) in [6.45, 7) is 0.230. The zero-order valence-electron chi connectivity index (χ0n) is 10.2. The molecule has 0 spiro atoms. The SMILES string of the molecule is OCC1CCCCC1Nc1nccn2cnnc12. The second-order valence-electron chi connectivity index (χ2n) is 4.82. The molecule has 6 nitrogen and oxygen atoms in total. The van der Waals surface area contributed by atoms with Crippen LogP contribution in [0.4, 0.5) is 5.82 Å². The summed E-state index contributed by atoms with van der Waals surface area (Å²) in [6.07, 6.45) is 9.76. The summed E-state index contributed by atoms with van der Waals surface area (Å²) in [4.78, 5) is 4.33. The van der Waals surface area contributed by atoms with Crippen LogP contribution >= 0.6 is 0 Å². The molecule has 96 valence electrons. The first-order valence-corrected chi connectivity index (χ1v) is 6.40. The number of nitrogens with one attached hydrogen (secondary N) is 1. The molecule has 0 saturated heterocycles. The molecular weight excluding hydrogens is 230 g/mol. The van der Waals surface area contributed by atoms with Crippen molar-refractivity contribution in [2.24, 2.45) is 5.92 Å². The summed E-state index contributed by atoms with van der Waals surface area (Å²) in [6, 6.07) is 0.277. The van der Waals surface area contributed by atoms with Gasteiger partial charge in [-0.3, -0.25) is 4.40 Å². The normalized spacial score (nSPS) is 24.3. The molecule has 2 N–H and O–H groups in total. The van der Waals surface area contributed by atoms with Gasteiger partial charge in [-0.15, -0.1) is 10.2 Å². The Morgan fingerprint density at radius 3 is 3.17 bits per heavy atom. The highest BCUT2D eigenvalue weighted by Crippen LogP contribution is 2.27. The number of nitrogens with zero attached hydrogens (tertiary/aromatic N) is 4. The predicted octanol–water partition coefficient (Wildman–Crippen LogP) is 1.09. The van der Waals surface area contributed by atoms with E-state index in [-0.39, 0.29) is 12.6 Å². The summed E-state index contributed by atoms with van der Waals surface area (Å²) in [5, 5.41) is 20.8. The number of aromatic nitrogens is 4. The number of fused-ring (bicyclic) bond motifs is 1. The number of rotatable bonds is 3. The van der Waals surface area contributed by atoms with Crippen LogP contribution in [0.3, 0.4) is 0 Å². The van der Waals surface area contributed by atoms with E-state index in [0.29, 0.717) is 5.92 Å². The number of anilines is 1. The summed E-state index contributed by atoms with van der Waals surface area (Å²) in [5.41, 5.74) is 0.736. The Labute approximate surface area is 105 Å². The van der Waals surface area contributed by atoms with Crippen LogP contribution < -0.4 is 5.32 Å². The van der Waals surface area contributed by atoms with Gasteiger partial charge in [-0.2, -0.15) is 0 Å². The fourth-order valence-corrected chi connectivity index (χ4v) is 2.65. The van der Waals surface area contributed by atoms with Crippen LogP contribution in [-0.4, -0.2) is 37.3 Å². The molecule has 2 heterocycles. The van der Waals surface area contributed by atoms with Gasteiger partial charge in [-0.05, 0) is 12.8 Å². The molecule has 2 aromatic heterocycles. The lowest BCUT2D eigenvalue weighted by molar-refractivity contribution is 0.178. The zero-order chi connectivity index (χ0) is 12.4. The van der Waals surface area contributed by atoms with Crippen molar-refractivity contribution in [1.29, 1.82) is 0 Å². The monoisotopic (exact) mass is 247 g/mol. The molecule has 1 saturated carbocycles. The Morgan fingerprint density at radius 2 is 2.28 bits per heavy atom. The van der Waals surface area contributed by atoms with Gasteiger partial charge < -0.3 is 10.4 Å². The second kappa shape index (κ2) is 4.89. The quantitative estimate of drug-likeness (QED) is 0.849. The first-order valence-electron chi connectivity index (χ1n) is 6.40. The van der Waals surface area contributed by atoms with Crippen molar-refractivity contribution in [2.45, 2.75) is 31.7 Å². The highest BCUT2D eigenvalue weighted by atomic mass is 16.3. The van der Waals surface area contributed by atoms with E-state index in [0.717, 1.165) is 24.3 Å². The van der Waals surface area contributed by atoms with E-state index in [1.54, 1.807) is 12.5 Å². The van der Waals surface area contributed by atoms with Gasteiger partial charge in [0, 0.05) is 31.0 Å². The molecule has 1 aliphatic rings. The Hall–Kier alpha value is -1.69. The first-order chi connectivity index (χ1) is 8.88. The molecule has 2 atom stereocenters. The fraction of sp³-hybridized carbons (Fsp3) is 0.583. The van der Waals surface area contributed by atoms with Crippen molar-refractivity contribution >= 4 is 11.5 Å². The summed E-state index contributed by atoms with van der Waals surface area (Å²) in [5.74, 6) is 1.06. The van der Waals surface area contributed by atoms with Gasteiger partial charge in [0.05, 0.1) is 0 Å². The minimum absolute atomic E-state index is 0.230. The maximum atomic E-state index is 9.42. The average molecular weight is 247 g/mol. The number of hydrogen-bond donors (Lipinski definition) is 2. The van der Waals surface area contributed by atoms with Crippen molar-refractivity contribution in [3.8, 4) is 0 Å². The maximum absolute atomic E-state index is 9.42. The van der Waals surface area contributed by atoms with Crippen LogP contribution in [0.15, 0.2) is 18.7 Å². The van der Waals surface area contributed by atoms with E-state index in [2.05, 4.69) is 20.5 Å². The number of hydrogen-bond acceptors (Lipinski definition) is 5. The third-order valence-electron chi connectivity index (χ3n) is 3.68. The van der Waals surface area contributed by atoms with Crippen LogP contribution in [0.25, 0.3) is 5.65 Å². The first kappa shape index (κ1) is 11.4. The van der Waals surface area contributed by atoms with E-state index in [9.17, 15) is 5.11 Å². The van der Waals surface area contributed by atoms with E-state index in [4.69, 9.17) is 0 Å². The fourth-order valence-electron chi connectivity index (χ4n) is 2.65. The molecule has 0 aliphatic heterocycles. The van der Waals surface area contributed by atoms with Crippen LogP contribution in [0.5, 0.6) is 0 Å². The van der Waals surface area contributed by atoms with Crippen molar-refractivity contribution in [3.05, 3.63) is 18.7 Å². The van der Waals surface area contributed by atoms with E-state index in [1.165, 1.54) is 12.8 Å². The van der Waals surface area contributed by atoms with E-state index >= 15 is 0 Å². The van der Waals surface area contributed by atoms with Crippen molar-refractivity contribution in [3.63, 3.8) is 0 Å². The largest absolute Gasteiger partial charge is 0.396 e. The van der Waals surface area contributed by atoms with Gasteiger partial charge in [-0.25, -0.2) is 4.98 Å². The molecule has 2 aromatic rings. The molecule has 3 rings (SSSR count). The molecule has 0 aromatic carbocycles. The Balaban J connectivity index is 1.84. The van der Waals surface area contributed by atoms with Gasteiger partial charge in [-0.1, -0.05) is 12.8 Å². The maximum Gasteiger partial charge on any atom is 0.203 e. The van der Waals surface area contributed by atoms with E-state index in [1.807, 2.05) is 10.6 Å². The molecule has 0 bridgehead atoms. The lowest BCUT2D eigenvalue weighted by Crippen LogP contribution is -2.34. The highest BCUT2D eigenvalue weighted by Gasteiger charge is 2.25. The van der Waals surface area contributed by atoms with Gasteiger partial charge in [0.2, 0.25) is 5.65 Å².